The fraction of sp³-hybridized carbons (Fsp3) is 0.327. The molecule has 0 radical (unpaired) electrons. The number of unbranched alkanes of at least 4 members (excludes halogenated alkanes) is 2. The zero-order valence-electron chi connectivity index (χ0n) is 38.2. The van der Waals surface area contributed by atoms with Crippen molar-refractivity contribution in [2.75, 3.05) is 52.8 Å². The summed E-state index contributed by atoms with van der Waals surface area (Å²) < 4.78 is 5.35. The van der Waals surface area contributed by atoms with Crippen LogP contribution in [0, 0.1) is 11.8 Å². The molecule has 2 saturated heterocycles. The number of carbonyl (C=O) groups excluding carboxylic acids is 5. The summed E-state index contributed by atoms with van der Waals surface area (Å²) in [5.41, 5.74) is 2.65. The highest BCUT2D eigenvalue weighted by atomic mass is 35.5. The quantitative estimate of drug-likeness (QED) is 0.0829. The number of halogens is 1. The Bertz CT molecular complexity index is 2240. The molecule has 2 N–H and O–H groups in total. The van der Waals surface area contributed by atoms with Gasteiger partial charge in [0.15, 0.2) is 6.61 Å². The first kappa shape index (κ1) is 50.3. The lowest BCUT2D eigenvalue weighted by atomic mass is 10.0. The van der Waals surface area contributed by atoms with Crippen molar-refractivity contribution in [2.45, 2.75) is 66.2 Å². The summed E-state index contributed by atoms with van der Waals surface area (Å²) in [6, 6.07) is 41.1. The fourth-order valence-electron chi connectivity index (χ4n) is 7.40. The van der Waals surface area contributed by atoms with E-state index >= 15 is 0 Å². The van der Waals surface area contributed by atoms with Gasteiger partial charge in [-0.1, -0.05) is 120 Å². The van der Waals surface area contributed by atoms with Gasteiger partial charge in [0.25, 0.3) is 29.5 Å². The van der Waals surface area contributed by atoms with Gasteiger partial charge in [-0.15, -0.1) is 0 Å². The molecule has 0 bridgehead atoms. The second kappa shape index (κ2) is 25.7. The van der Waals surface area contributed by atoms with E-state index in [-0.39, 0.29) is 41.9 Å². The summed E-state index contributed by atoms with van der Waals surface area (Å²) in [7, 11) is 0. The van der Waals surface area contributed by atoms with Crippen LogP contribution >= 0.6 is 11.6 Å². The van der Waals surface area contributed by atoms with Crippen LogP contribution in [0.2, 0.25) is 5.02 Å². The normalized spacial score (nSPS) is 14.8. The lowest BCUT2D eigenvalue weighted by molar-refractivity contribution is -0.128. The van der Waals surface area contributed by atoms with Gasteiger partial charge in [0.1, 0.15) is 23.3 Å². The topological polar surface area (TPSA) is 143 Å². The van der Waals surface area contributed by atoms with Crippen LogP contribution < -0.4 is 30.1 Å². The molecule has 2 heterocycles. The predicted molar refractivity (Wildman–Crippen MR) is 261 cm³/mol. The molecule has 66 heavy (non-hydrogen) atoms. The largest absolute Gasteiger partial charge is 0.508 e. The Morgan fingerprint density at radius 3 is 1.32 bits per heavy atom. The molecular weight excluding hydrogens is 856 g/mol. The van der Waals surface area contributed by atoms with Gasteiger partial charge in [0.05, 0.1) is 22.7 Å². The van der Waals surface area contributed by atoms with Crippen molar-refractivity contribution in [3.63, 3.8) is 0 Å². The molecule has 2 aliphatic heterocycles. The third-order valence-electron chi connectivity index (χ3n) is 11.0. The highest BCUT2D eigenvalue weighted by Gasteiger charge is 2.47. The molecule has 14 heteroatoms. The minimum atomic E-state index is -0.654. The van der Waals surface area contributed by atoms with E-state index in [0.29, 0.717) is 52.9 Å². The number of amides is 5. The molecule has 0 spiro atoms. The van der Waals surface area contributed by atoms with Crippen molar-refractivity contribution in [1.29, 1.82) is 0 Å². The molecule has 1 atom stereocenters. The molecule has 5 aromatic rings. The van der Waals surface area contributed by atoms with E-state index in [1.165, 1.54) is 32.2 Å². The Morgan fingerprint density at radius 1 is 0.576 bits per heavy atom. The molecule has 5 amide bonds. The lowest BCUT2D eigenvalue weighted by Crippen LogP contribution is -2.41. The molecule has 7 rings (SSSR count). The zero-order valence-corrected chi connectivity index (χ0v) is 39.0. The number of para-hydroxylation sites is 3. The molecule has 1 unspecified atom stereocenters. The van der Waals surface area contributed by atoms with Crippen LogP contribution in [-0.2, 0) is 24.0 Å². The van der Waals surface area contributed by atoms with Crippen LogP contribution in [-0.4, -0.2) is 72.3 Å². The maximum Gasteiger partial charge on any atom is 0.258 e. The summed E-state index contributed by atoms with van der Waals surface area (Å²) in [5.74, 6) is -1.29. The lowest BCUT2D eigenvalue weighted by Gasteiger charge is -2.27. The Hall–Kier alpha value is -6.70. The van der Waals surface area contributed by atoms with E-state index in [1.807, 2.05) is 85.8 Å². The fourth-order valence-corrected chi connectivity index (χ4v) is 7.53. The van der Waals surface area contributed by atoms with Crippen molar-refractivity contribution < 1.29 is 33.8 Å². The standard InChI is InChI=1S/C19H20N2O3.C19H20N2O2.C14H21ClN2O2/c1-2-3-9-17-18(23)20(14-7-5-4-6-8-14)21(19(17)24)15-10-12-16(22)13-11-15;1-2-3-14-17-18(22)20(15-10-6-4-7-11-15)21(19(17)23)16-12-8-5-9-13-16;1-3-17(4-2)10-9-16-14(18)11-19-13-7-5-12(15)6-8-13/h4-8,10-13,17,22H,2-3,9H2,1H3;4-13,17H,2-3,14H2,1H3;5-8H,3-4,9-11H2,1-2H3,(H,16,18). The minimum absolute atomic E-state index is 0.0277. The van der Waals surface area contributed by atoms with Gasteiger partial charge >= 0.3 is 0 Å². The van der Waals surface area contributed by atoms with E-state index in [4.69, 9.17) is 16.3 Å². The summed E-state index contributed by atoms with van der Waals surface area (Å²) >= 11 is 5.76. The first-order valence-electron chi connectivity index (χ1n) is 22.7. The molecule has 5 aromatic carbocycles. The predicted octanol–water partition coefficient (Wildman–Crippen LogP) is 9.46. The summed E-state index contributed by atoms with van der Waals surface area (Å²) in [5, 5.41) is 18.8. The number of benzene rings is 5. The molecule has 0 aromatic heterocycles. The monoisotopic (exact) mass is 916 g/mol. The SMILES string of the molecule is CCCCC1C(=O)N(c2ccccc2)N(c2ccc(O)cc2)C1=O.CCCCC1C(=O)N(c2ccccc2)N(c2ccccc2)C1=O.CCN(CC)CCNC(=O)COc1ccc(Cl)cc1. The van der Waals surface area contributed by atoms with Crippen LogP contribution in [0.5, 0.6) is 11.5 Å². The van der Waals surface area contributed by atoms with E-state index in [0.717, 1.165) is 45.3 Å². The number of carbonyl (C=O) groups is 5. The first-order chi connectivity index (χ1) is 32.0. The second-order valence-electron chi connectivity index (χ2n) is 15.6. The Kier molecular flexibility index (Phi) is 19.6. The van der Waals surface area contributed by atoms with E-state index in [2.05, 4.69) is 31.0 Å². The number of aromatic hydroxyl groups is 1. The molecule has 0 saturated carbocycles. The summed E-state index contributed by atoms with van der Waals surface area (Å²) in [6.07, 6.45) is 4.74. The average molecular weight is 918 g/mol. The number of nitrogens with one attached hydrogen (secondary N) is 1. The molecular formula is C52H61ClN6O7. The highest BCUT2D eigenvalue weighted by molar-refractivity contribution is 6.30. The number of rotatable bonds is 18. The third-order valence-corrected chi connectivity index (χ3v) is 11.3. The number of hydrazine groups is 2. The third kappa shape index (κ3) is 13.4. The van der Waals surface area contributed by atoms with Crippen molar-refractivity contribution in [1.82, 2.24) is 10.2 Å². The number of likely N-dealkylation sites (N-methyl/N-ethyl adjacent to an activating group) is 1. The van der Waals surface area contributed by atoms with Crippen LogP contribution in [0.4, 0.5) is 22.7 Å². The van der Waals surface area contributed by atoms with Gasteiger partial charge < -0.3 is 20.1 Å². The van der Waals surface area contributed by atoms with E-state index in [9.17, 15) is 29.1 Å². The van der Waals surface area contributed by atoms with E-state index < -0.39 is 11.8 Å². The molecule has 0 aliphatic carbocycles. The molecule has 348 valence electrons. The van der Waals surface area contributed by atoms with E-state index in [1.54, 1.807) is 48.5 Å². The van der Waals surface area contributed by atoms with Crippen molar-refractivity contribution in [2.24, 2.45) is 11.8 Å². The van der Waals surface area contributed by atoms with Crippen LogP contribution in [0.1, 0.15) is 66.2 Å². The number of ether oxygens (including phenoxy) is 1. The smallest absolute Gasteiger partial charge is 0.258 e. The Labute approximate surface area is 393 Å². The number of nitrogens with zero attached hydrogens (tertiary/aromatic N) is 5. The number of anilines is 4. The van der Waals surface area contributed by atoms with Gasteiger partial charge in [-0.25, -0.2) is 20.0 Å². The van der Waals surface area contributed by atoms with Crippen molar-refractivity contribution in [3.8, 4) is 11.5 Å². The molecule has 2 fully saturated rings. The average Bonchev–Trinajstić information content (AvgIpc) is 3.75. The number of phenolic OH excluding ortho intramolecular Hbond substituents is 1. The number of phenols is 1. The highest BCUT2D eigenvalue weighted by Crippen LogP contribution is 2.35. The van der Waals surface area contributed by atoms with Crippen molar-refractivity contribution >= 4 is 63.9 Å². The first-order valence-corrected chi connectivity index (χ1v) is 23.1. The number of hydrogen-bond donors (Lipinski definition) is 2. The Balaban J connectivity index is 0.000000187. The van der Waals surface area contributed by atoms with Gasteiger partial charge in [-0.2, -0.15) is 0 Å². The van der Waals surface area contributed by atoms with Gasteiger partial charge in [0, 0.05) is 18.1 Å². The number of hydrogen-bond acceptors (Lipinski definition) is 8. The van der Waals surface area contributed by atoms with Gasteiger partial charge in [-0.3, -0.25) is 24.0 Å². The van der Waals surface area contributed by atoms with Crippen molar-refractivity contribution in [3.05, 3.63) is 145 Å². The van der Waals surface area contributed by atoms with Gasteiger partial charge in [0.2, 0.25) is 0 Å². The zero-order chi connectivity index (χ0) is 47.4. The molecule has 2 aliphatic rings. The summed E-state index contributed by atoms with van der Waals surface area (Å²) in [6.45, 7) is 11.8. The minimum Gasteiger partial charge on any atom is -0.508 e. The van der Waals surface area contributed by atoms with Crippen LogP contribution in [0.25, 0.3) is 0 Å². The maximum absolute atomic E-state index is 12.9. The van der Waals surface area contributed by atoms with Gasteiger partial charge in [-0.05, 0) is 111 Å². The summed E-state index contributed by atoms with van der Waals surface area (Å²) in [4.78, 5) is 65.3. The maximum atomic E-state index is 12.9. The molecule has 13 nitrogen and oxygen atoms in total. The Morgan fingerprint density at radius 2 is 0.955 bits per heavy atom. The van der Waals surface area contributed by atoms with Crippen LogP contribution in [0.3, 0.4) is 0 Å². The van der Waals surface area contributed by atoms with Crippen LogP contribution in [0.15, 0.2) is 140 Å². The second-order valence-corrected chi connectivity index (χ2v) is 16.1.